The fraction of sp³-hybridized carbons (Fsp3) is 0.267. The Bertz CT molecular complexity index is 572. The van der Waals surface area contributed by atoms with E-state index in [1.54, 1.807) is 18.5 Å². The fourth-order valence-electron chi connectivity index (χ4n) is 2.06. The number of rotatable bonds is 4. The van der Waals surface area contributed by atoms with Crippen molar-refractivity contribution in [2.75, 3.05) is 0 Å². The van der Waals surface area contributed by atoms with Gasteiger partial charge < -0.3 is 5.11 Å². The molecule has 100 valence electrons. The van der Waals surface area contributed by atoms with E-state index in [0.29, 0.717) is 5.56 Å². The summed E-state index contributed by atoms with van der Waals surface area (Å²) < 4.78 is 26.4. The quantitative estimate of drug-likeness (QED) is 0.919. The van der Waals surface area contributed by atoms with Crippen molar-refractivity contribution in [3.8, 4) is 0 Å². The highest BCUT2D eigenvalue weighted by Gasteiger charge is 2.14. The van der Waals surface area contributed by atoms with Crippen molar-refractivity contribution in [2.24, 2.45) is 0 Å². The van der Waals surface area contributed by atoms with E-state index in [1.165, 1.54) is 12.1 Å². The molecule has 1 heterocycles. The molecule has 1 atom stereocenters. The van der Waals surface area contributed by atoms with Crippen LogP contribution in [0, 0.1) is 11.6 Å². The van der Waals surface area contributed by atoms with Crippen LogP contribution in [-0.4, -0.2) is 10.1 Å². The predicted molar refractivity (Wildman–Crippen MR) is 68.6 cm³/mol. The SMILES string of the molecule is CCc1cnccc1C(O)Cc1ccc(F)cc1F. The Labute approximate surface area is 110 Å². The number of pyridine rings is 1. The molecule has 0 radical (unpaired) electrons. The molecular weight excluding hydrogens is 248 g/mol. The highest BCUT2D eigenvalue weighted by molar-refractivity contribution is 5.28. The van der Waals surface area contributed by atoms with Crippen LogP contribution >= 0.6 is 0 Å². The number of aliphatic hydroxyl groups excluding tert-OH is 1. The van der Waals surface area contributed by atoms with Crippen molar-refractivity contribution in [3.05, 3.63) is 65.0 Å². The summed E-state index contributed by atoms with van der Waals surface area (Å²) >= 11 is 0. The van der Waals surface area contributed by atoms with Crippen LogP contribution in [0.15, 0.2) is 36.7 Å². The average Bonchev–Trinajstić information content (AvgIpc) is 2.41. The monoisotopic (exact) mass is 263 g/mol. The topological polar surface area (TPSA) is 33.1 Å². The van der Waals surface area contributed by atoms with E-state index in [4.69, 9.17) is 0 Å². The number of aliphatic hydroxyl groups is 1. The zero-order valence-electron chi connectivity index (χ0n) is 10.6. The van der Waals surface area contributed by atoms with Crippen LogP contribution in [0.4, 0.5) is 8.78 Å². The lowest BCUT2D eigenvalue weighted by Crippen LogP contribution is -2.07. The Morgan fingerprint density at radius 3 is 2.68 bits per heavy atom. The summed E-state index contributed by atoms with van der Waals surface area (Å²) in [7, 11) is 0. The molecule has 19 heavy (non-hydrogen) atoms. The first kappa shape index (κ1) is 13.6. The summed E-state index contributed by atoms with van der Waals surface area (Å²) in [6, 6.07) is 5.11. The molecule has 2 nitrogen and oxygen atoms in total. The summed E-state index contributed by atoms with van der Waals surface area (Å²) in [5.41, 5.74) is 1.96. The lowest BCUT2D eigenvalue weighted by Gasteiger charge is -2.15. The molecule has 1 N–H and O–H groups in total. The van der Waals surface area contributed by atoms with Crippen LogP contribution in [0.2, 0.25) is 0 Å². The lowest BCUT2D eigenvalue weighted by molar-refractivity contribution is 0.176. The maximum atomic E-state index is 13.5. The molecular formula is C15H15F2NO. The van der Waals surface area contributed by atoms with Crippen LogP contribution in [0.5, 0.6) is 0 Å². The van der Waals surface area contributed by atoms with Crippen LogP contribution in [0.1, 0.15) is 29.7 Å². The van der Waals surface area contributed by atoms with Gasteiger partial charge in [0.1, 0.15) is 11.6 Å². The van der Waals surface area contributed by atoms with Crippen molar-refractivity contribution in [1.29, 1.82) is 0 Å². The van der Waals surface area contributed by atoms with Gasteiger partial charge in [-0.2, -0.15) is 0 Å². The molecule has 1 aromatic carbocycles. The van der Waals surface area contributed by atoms with Gasteiger partial charge in [0.25, 0.3) is 0 Å². The second-order valence-corrected chi connectivity index (χ2v) is 4.38. The van der Waals surface area contributed by atoms with Crippen LogP contribution in [0.3, 0.4) is 0 Å². The fourth-order valence-corrected chi connectivity index (χ4v) is 2.06. The molecule has 0 spiro atoms. The van der Waals surface area contributed by atoms with Gasteiger partial charge in [-0.1, -0.05) is 13.0 Å². The number of hydrogen-bond donors (Lipinski definition) is 1. The second kappa shape index (κ2) is 5.89. The van der Waals surface area contributed by atoms with Crippen LogP contribution < -0.4 is 0 Å². The molecule has 1 unspecified atom stereocenters. The molecule has 0 fully saturated rings. The number of hydrogen-bond acceptors (Lipinski definition) is 2. The van der Waals surface area contributed by atoms with E-state index in [2.05, 4.69) is 4.98 Å². The number of halogens is 2. The van der Waals surface area contributed by atoms with Gasteiger partial charge in [-0.05, 0) is 35.2 Å². The van der Waals surface area contributed by atoms with Crippen molar-refractivity contribution >= 4 is 0 Å². The minimum Gasteiger partial charge on any atom is -0.388 e. The van der Waals surface area contributed by atoms with E-state index >= 15 is 0 Å². The molecule has 2 aromatic rings. The van der Waals surface area contributed by atoms with Gasteiger partial charge in [0, 0.05) is 24.9 Å². The largest absolute Gasteiger partial charge is 0.388 e. The molecule has 0 aliphatic carbocycles. The van der Waals surface area contributed by atoms with Gasteiger partial charge in [-0.3, -0.25) is 4.98 Å². The highest BCUT2D eigenvalue weighted by atomic mass is 19.1. The van der Waals surface area contributed by atoms with Gasteiger partial charge in [0.05, 0.1) is 6.10 Å². The van der Waals surface area contributed by atoms with Crippen molar-refractivity contribution in [3.63, 3.8) is 0 Å². The maximum absolute atomic E-state index is 13.5. The summed E-state index contributed by atoms with van der Waals surface area (Å²) in [4.78, 5) is 4.00. The zero-order chi connectivity index (χ0) is 13.8. The van der Waals surface area contributed by atoms with E-state index in [9.17, 15) is 13.9 Å². The Hall–Kier alpha value is -1.81. The van der Waals surface area contributed by atoms with E-state index in [0.717, 1.165) is 23.6 Å². The summed E-state index contributed by atoms with van der Waals surface area (Å²) in [6.07, 6.45) is 3.33. The van der Waals surface area contributed by atoms with Crippen molar-refractivity contribution in [2.45, 2.75) is 25.9 Å². The first-order valence-electron chi connectivity index (χ1n) is 6.16. The maximum Gasteiger partial charge on any atom is 0.129 e. The Morgan fingerprint density at radius 2 is 2.00 bits per heavy atom. The summed E-state index contributed by atoms with van der Waals surface area (Å²) in [5, 5.41) is 10.2. The third-order valence-electron chi connectivity index (χ3n) is 3.11. The Morgan fingerprint density at radius 1 is 1.21 bits per heavy atom. The number of aryl methyl sites for hydroxylation is 1. The summed E-state index contributed by atoms with van der Waals surface area (Å²) in [5.74, 6) is -1.25. The summed E-state index contributed by atoms with van der Waals surface area (Å²) in [6.45, 7) is 1.96. The van der Waals surface area contributed by atoms with Gasteiger partial charge >= 0.3 is 0 Å². The molecule has 0 amide bonds. The predicted octanol–water partition coefficient (Wildman–Crippen LogP) is 3.20. The second-order valence-electron chi connectivity index (χ2n) is 4.38. The van der Waals surface area contributed by atoms with Gasteiger partial charge in [0.15, 0.2) is 0 Å². The molecule has 0 aliphatic heterocycles. The smallest absolute Gasteiger partial charge is 0.129 e. The minimum absolute atomic E-state index is 0.114. The number of benzene rings is 1. The molecule has 0 saturated heterocycles. The zero-order valence-corrected chi connectivity index (χ0v) is 10.6. The third kappa shape index (κ3) is 3.15. The van der Waals surface area contributed by atoms with E-state index < -0.39 is 17.7 Å². The molecule has 0 saturated carbocycles. The van der Waals surface area contributed by atoms with Gasteiger partial charge in [0.2, 0.25) is 0 Å². The first-order valence-corrected chi connectivity index (χ1v) is 6.16. The van der Waals surface area contributed by atoms with Crippen molar-refractivity contribution < 1.29 is 13.9 Å². The molecule has 1 aromatic heterocycles. The Kier molecular flexibility index (Phi) is 4.22. The standard InChI is InChI=1S/C15H15F2NO/c1-2-10-9-18-6-5-13(10)15(19)7-11-3-4-12(16)8-14(11)17/h3-6,8-9,15,19H,2,7H2,1H3. The number of nitrogens with zero attached hydrogens (tertiary/aromatic N) is 1. The molecule has 0 aliphatic rings. The van der Waals surface area contributed by atoms with E-state index in [1.807, 2.05) is 6.92 Å². The van der Waals surface area contributed by atoms with E-state index in [-0.39, 0.29) is 6.42 Å². The average molecular weight is 263 g/mol. The third-order valence-corrected chi connectivity index (χ3v) is 3.11. The van der Waals surface area contributed by atoms with Gasteiger partial charge in [-0.15, -0.1) is 0 Å². The molecule has 4 heteroatoms. The highest BCUT2D eigenvalue weighted by Crippen LogP contribution is 2.23. The molecule has 2 rings (SSSR count). The lowest BCUT2D eigenvalue weighted by atomic mass is 9.97. The van der Waals surface area contributed by atoms with Gasteiger partial charge in [-0.25, -0.2) is 8.78 Å². The normalized spacial score (nSPS) is 12.4. The number of aromatic nitrogens is 1. The first-order chi connectivity index (χ1) is 9.11. The minimum atomic E-state index is -0.821. The molecule has 0 bridgehead atoms. The van der Waals surface area contributed by atoms with Crippen LogP contribution in [-0.2, 0) is 12.8 Å². The Balaban J connectivity index is 2.23. The van der Waals surface area contributed by atoms with Crippen LogP contribution in [0.25, 0.3) is 0 Å². The van der Waals surface area contributed by atoms with Crippen molar-refractivity contribution in [1.82, 2.24) is 4.98 Å².